The maximum Gasteiger partial charge on any atom is 0.242 e. The number of para-hydroxylation sites is 1. The highest BCUT2D eigenvalue weighted by atomic mass is 35.5. The number of benzene rings is 2. The zero-order valence-corrected chi connectivity index (χ0v) is 22.8. The second-order valence-corrected chi connectivity index (χ2v) is 12.0. The fraction of sp³-hybridized carbons (Fsp3) is 0.393. The zero-order chi connectivity index (χ0) is 26.3. The fourth-order valence-electron chi connectivity index (χ4n) is 5.00. The molecule has 0 spiro atoms. The predicted molar refractivity (Wildman–Crippen MR) is 146 cm³/mol. The van der Waals surface area contributed by atoms with Crippen molar-refractivity contribution in [3.63, 3.8) is 0 Å². The highest BCUT2D eigenvalue weighted by molar-refractivity contribution is 8.00. The van der Waals surface area contributed by atoms with Crippen molar-refractivity contribution in [2.24, 2.45) is 0 Å². The summed E-state index contributed by atoms with van der Waals surface area (Å²) in [5.41, 5.74) is 2.55. The molecule has 2 aliphatic heterocycles. The predicted octanol–water partition coefficient (Wildman–Crippen LogP) is 5.75. The first-order chi connectivity index (χ1) is 17.6. The summed E-state index contributed by atoms with van der Waals surface area (Å²) < 4.78 is 16.1. The normalized spacial score (nSPS) is 18.2. The number of likely N-dealkylation sites (tertiary alicyclic amines) is 1. The molecule has 2 aromatic carbocycles. The first kappa shape index (κ1) is 25.8. The number of carbonyl (C=O) groups excluding carboxylic acids is 2. The van der Waals surface area contributed by atoms with Gasteiger partial charge in [-0.3, -0.25) is 14.5 Å². The van der Waals surface area contributed by atoms with Gasteiger partial charge in [0.25, 0.3) is 0 Å². The standard InChI is InChI=1S/C28H30ClFN4O2S/c1-28(2,3)26-24-25(18-9-8-10-19(30)15-18)37-17-23(36)33(16-22(35)32-13-6-7-14-32)27(24)34(31-26)21-12-5-4-11-20(21)29/h4-5,8-12,15,25H,6-7,13-14,16-17H2,1-3H3/t25-/m1/s1. The monoisotopic (exact) mass is 540 g/mol. The molecule has 9 heteroatoms. The lowest BCUT2D eigenvalue weighted by molar-refractivity contribution is -0.130. The van der Waals surface area contributed by atoms with E-state index in [1.54, 1.807) is 21.7 Å². The van der Waals surface area contributed by atoms with Gasteiger partial charge in [0.2, 0.25) is 11.8 Å². The molecule has 6 nitrogen and oxygen atoms in total. The van der Waals surface area contributed by atoms with Crippen molar-refractivity contribution < 1.29 is 14.0 Å². The van der Waals surface area contributed by atoms with Crippen LogP contribution >= 0.6 is 23.4 Å². The summed E-state index contributed by atoms with van der Waals surface area (Å²) in [6, 6.07) is 13.8. The second-order valence-electron chi connectivity index (χ2n) is 10.5. The van der Waals surface area contributed by atoms with E-state index < -0.39 is 5.41 Å². The minimum absolute atomic E-state index is 0.0814. The number of halogens is 2. The summed E-state index contributed by atoms with van der Waals surface area (Å²) in [6.45, 7) is 7.50. The molecule has 3 heterocycles. The number of fused-ring (bicyclic) bond motifs is 1. The Bertz CT molecular complexity index is 1350. The maximum absolute atomic E-state index is 14.4. The number of aromatic nitrogens is 2. The van der Waals surface area contributed by atoms with Crippen LogP contribution in [0, 0.1) is 5.82 Å². The molecule has 194 valence electrons. The molecule has 1 fully saturated rings. The molecule has 2 amide bonds. The summed E-state index contributed by atoms with van der Waals surface area (Å²) in [7, 11) is 0. The molecule has 3 aromatic rings. The average Bonchev–Trinajstić information content (AvgIpc) is 3.49. The van der Waals surface area contributed by atoms with Crippen molar-refractivity contribution in [1.82, 2.24) is 14.7 Å². The number of amides is 2. The van der Waals surface area contributed by atoms with E-state index in [0.29, 0.717) is 29.6 Å². The first-order valence-corrected chi connectivity index (χ1v) is 13.9. The summed E-state index contributed by atoms with van der Waals surface area (Å²) in [6.07, 6.45) is 1.93. The van der Waals surface area contributed by atoms with Crippen LogP contribution in [0.3, 0.4) is 0 Å². The average molecular weight is 541 g/mol. The van der Waals surface area contributed by atoms with Crippen molar-refractivity contribution in [3.8, 4) is 5.69 Å². The zero-order valence-electron chi connectivity index (χ0n) is 21.2. The summed E-state index contributed by atoms with van der Waals surface area (Å²) >= 11 is 8.07. The van der Waals surface area contributed by atoms with E-state index in [2.05, 4.69) is 20.8 Å². The Morgan fingerprint density at radius 1 is 1.14 bits per heavy atom. The van der Waals surface area contributed by atoms with Crippen molar-refractivity contribution in [3.05, 3.63) is 76.2 Å². The van der Waals surface area contributed by atoms with Gasteiger partial charge in [-0.05, 0) is 42.7 Å². The van der Waals surface area contributed by atoms with Gasteiger partial charge in [0.15, 0.2) is 0 Å². The van der Waals surface area contributed by atoms with E-state index in [4.69, 9.17) is 16.7 Å². The van der Waals surface area contributed by atoms with Gasteiger partial charge in [-0.25, -0.2) is 9.07 Å². The molecule has 0 aliphatic carbocycles. The van der Waals surface area contributed by atoms with Crippen molar-refractivity contribution in [2.45, 2.75) is 44.3 Å². The number of anilines is 1. The lowest BCUT2D eigenvalue weighted by Gasteiger charge is -2.26. The van der Waals surface area contributed by atoms with E-state index in [0.717, 1.165) is 29.7 Å². The van der Waals surface area contributed by atoms with E-state index in [-0.39, 0.29) is 35.2 Å². The van der Waals surface area contributed by atoms with Gasteiger partial charge < -0.3 is 4.90 Å². The summed E-state index contributed by atoms with van der Waals surface area (Å²) in [4.78, 5) is 30.4. The van der Waals surface area contributed by atoms with Crippen LogP contribution in [-0.2, 0) is 15.0 Å². The quantitative estimate of drug-likeness (QED) is 0.422. The van der Waals surface area contributed by atoms with Crippen LogP contribution in [0.25, 0.3) is 5.69 Å². The molecule has 2 aliphatic rings. The van der Waals surface area contributed by atoms with Gasteiger partial charge in [0.1, 0.15) is 18.2 Å². The van der Waals surface area contributed by atoms with E-state index in [9.17, 15) is 14.0 Å². The number of thioether (sulfide) groups is 1. The maximum atomic E-state index is 14.4. The Labute approximate surface area is 225 Å². The Kier molecular flexibility index (Phi) is 7.07. The van der Waals surface area contributed by atoms with Gasteiger partial charge in [-0.15, -0.1) is 11.8 Å². The van der Waals surface area contributed by atoms with Crippen LogP contribution in [0.2, 0.25) is 5.02 Å². The first-order valence-electron chi connectivity index (χ1n) is 12.5. The molecule has 37 heavy (non-hydrogen) atoms. The smallest absolute Gasteiger partial charge is 0.242 e. The number of hydrogen-bond donors (Lipinski definition) is 0. The highest BCUT2D eigenvalue weighted by Crippen LogP contribution is 2.48. The fourth-order valence-corrected chi connectivity index (χ4v) is 6.40. The minimum atomic E-state index is -0.402. The highest BCUT2D eigenvalue weighted by Gasteiger charge is 2.40. The molecule has 0 N–H and O–H groups in total. The largest absolute Gasteiger partial charge is 0.341 e. The van der Waals surface area contributed by atoms with Crippen LogP contribution in [0.15, 0.2) is 48.5 Å². The molecule has 1 atom stereocenters. The van der Waals surface area contributed by atoms with Crippen LogP contribution < -0.4 is 4.90 Å². The van der Waals surface area contributed by atoms with Gasteiger partial charge >= 0.3 is 0 Å². The van der Waals surface area contributed by atoms with Crippen LogP contribution in [0.1, 0.15) is 55.7 Å². The number of hydrogen-bond acceptors (Lipinski definition) is 4. The lowest BCUT2D eigenvalue weighted by Crippen LogP contribution is -2.43. The molecule has 1 aromatic heterocycles. The van der Waals surface area contributed by atoms with Crippen LogP contribution in [0.4, 0.5) is 10.2 Å². The Balaban J connectivity index is 1.77. The van der Waals surface area contributed by atoms with E-state index >= 15 is 0 Å². The third-order valence-corrected chi connectivity index (χ3v) is 8.36. The number of carbonyl (C=O) groups is 2. The van der Waals surface area contributed by atoms with Gasteiger partial charge in [-0.1, -0.05) is 56.6 Å². The van der Waals surface area contributed by atoms with Crippen molar-refractivity contribution in [2.75, 3.05) is 30.3 Å². The van der Waals surface area contributed by atoms with Gasteiger partial charge in [-0.2, -0.15) is 5.10 Å². The molecule has 0 unspecified atom stereocenters. The molecular weight excluding hydrogens is 511 g/mol. The third kappa shape index (κ3) is 5.01. The molecule has 5 rings (SSSR count). The van der Waals surface area contributed by atoms with E-state index in [1.807, 2.05) is 29.2 Å². The topological polar surface area (TPSA) is 58.4 Å². The van der Waals surface area contributed by atoms with Crippen molar-refractivity contribution in [1.29, 1.82) is 0 Å². The Hall–Kier alpha value is -2.84. The van der Waals surface area contributed by atoms with Crippen LogP contribution in [-0.4, -0.2) is 51.9 Å². The molecule has 0 bridgehead atoms. The second kappa shape index (κ2) is 10.1. The third-order valence-electron chi connectivity index (χ3n) is 6.78. The van der Waals surface area contributed by atoms with E-state index in [1.165, 1.54) is 23.9 Å². The Morgan fingerprint density at radius 3 is 2.54 bits per heavy atom. The van der Waals surface area contributed by atoms with Gasteiger partial charge in [0.05, 0.1) is 27.4 Å². The SMILES string of the molecule is CC(C)(C)c1nn(-c2ccccc2Cl)c2c1[C@@H](c1cccc(F)c1)SCC(=O)N2CC(=O)N1CCCC1. The molecule has 1 saturated heterocycles. The summed E-state index contributed by atoms with van der Waals surface area (Å²) in [5, 5.41) is 5.15. The minimum Gasteiger partial charge on any atom is -0.341 e. The van der Waals surface area contributed by atoms with Gasteiger partial charge in [0, 0.05) is 24.1 Å². The lowest BCUT2D eigenvalue weighted by atomic mass is 9.87. The number of nitrogens with zero attached hydrogens (tertiary/aromatic N) is 4. The van der Waals surface area contributed by atoms with Crippen molar-refractivity contribution >= 4 is 41.0 Å². The Morgan fingerprint density at radius 2 is 1.86 bits per heavy atom. The molecular formula is C28H30ClFN4O2S. The molecule has 0 radical (unpaired) electrons. The summed E-state index contributed by atoms with van der Waals surface area (Å²) in [5.74, 6) is 0.0541. The molecule has 0 saturated carbocycles. The van der Waals surface area contributed by atoms with Crippen LogP contribution in [0.5, 0.6) is 0 Å². The number of rotatable bonds is 4.